The number of aromatic nitrogens is 1. The maximum atomic E-state index is 13.2. The summed E-state index contributed by atoms with van der Waals surface area (Å²) in [6.45, 7) is 0.746. The first kappa shape index (κ1) is 28.4. The van der Waals surface area contributed by atoms with Crippen molar-refractivity contribution in [3.8, 4) is 0 Å². The fourth-order valence-electron chi connectivity index (χ4n) is 3.96. The van der Waals surface area contributed by atoms with Gasteiger partial charge in [-0.15, -0.1) is 11.3 Å². The van der Waals surface area contributed by atoms with Crippen LogP contribution >= 0.6 is 11.3 Å². The van der Waals surface area contributed by atoms with Gasteiger partial charge >= 0.3 is 22.4 Å². The van der Waals surface area contributed by atoms with E-state index in [0.29, 0.717) is 13.1 Å². The Hall–Kier alpha value is -3.59. The van der Waals surface area contributed by atoms with Gasteiger partial charge in [0.05, 0.1) is 12.6 Å². The normalized spacial score (nSPS) is 24.3. The predicted molar refractivity (Wildman–Crippen MR) is 132 cm³/mol. The number of nitrogens with two attached hydrogens (primary N) is 2. The average molecular weight is 591 g/mol. The van der Waals surface area contributed by atoms with E-state index >= 15 is 0 Å². The van der Waals surface area contributed by atoms with Crippen molar-refractivity contribution in [2.24, 2.45) is 10.9 Å². The zero-order valence-corrected chi connectivity index (χ0v) is 21.8. The van der Waals surface area contributed by atoms with Gasteiger partial charge in [-0.25, -0.2) is 18.9 Å². The van der Waals surface area contributed by atoms with Gasteiger partial charge in [-0.1, -0.05) is 5.16 Å². The van der Waals surface area contributed by atoms with Crippen LogP contribution in [0, 0.1) is 0 Å². The number of nitrogens with zero attached hydrogens (tertiary/aromatic N) is 4. The van der Waals surface area contributed by atoms with Crippen molar-refractivity contribution in [1.29, 1.82) is 0 Å². The highest BCUT2D eigenvalue weighted by Crippen LogP contribution is 2.40. The fraction of sp³-hybridized carbons (Fsp3) is 0.579. The molecule has 1 aliphatic carbocycles. The summed E-state index contributed by atoms with van der Waals surface area (Å²) in [5, 5.41) is 19.7. The summed E-state index contributed by atoms with van der Waals surface area (Å²) >= 11 is 0.954. The molecule has 4 rings (SSSR count). The van der Waals surface area contributed by atoms with Crippen molar-refractivity contribution in [1.82, 2.24) is 24.8 Å². The minimum absolute atomic E-state index is 0.0387. The van der Waals surface area contributed by atoms with Crippen LogP contribution in [0.3, 0.4) is 0 Å². The Labute approximate surface area is 225 Å². The Morgan fingerprint density at radius 3 is 2.64 bits per heavy atom. The van der Waals surface area contributed by atoms with Gasteiger partial charge in [0.1, 0.15) is 17.8 Å². The van der Waals surface area contributed by atoms with Crippen LogP contribution in [0.25, 0.3) is 0 Å². The largest absolute Gasteiger partial charge is 0.478 e. The minimum Gasteiger partial charge on any atom is -0.478 e. The van der Waals surface area contributed by atoms with E-state index in [2.05, 4.69) is 20.8 Å². The Bertz CT molecular complexity index is 1300. The number of cyclic esters (lactones) is 1. The standard InChI is InChI=1S/C19H26N8O10S2/c20-3-4-22-5-9-6-26(18(32)36-9)7-11-13(15(29)27(11)39(33,34)35)24-14(28)12(10-8-38-17(21)23-10)25-37-19(1-2-19)16(30)31/h8-9,11,13,22H,1-7,20H2,(H2,21,23)(H,24,28)(H,30,31)(H,33,34,35)/b25-12-/t9-,11-,13+/m1/s1. The summed E-state index contributed by atoms with van der Waals surface area (Å²) in [5.41, 5.74) is 8.85. The average Bonchev–Trinajstić information content (AvgIpc) is 3.41. The van der Waals surface area contributed by atoms with Gasteiger partial charge in [0, 0.05) is 44.4 Å². The summed E-state index contributed by atoms with van der Waals surface area (Å²) in [6, 6.07) is -2.91. The second-order valence-electron chi connectivity index (χ2n) is 8.94. The van der Waals surface area contributed by atoms with Gasteiger partial charge in [-0.05, 0) is 0 Å². The smallest absolute Gasteiger partial charge is 0.410 e. The SMILES string of the molecule is NCCNC[C@@H]1CN(C[C@@H]2[C@H](NC(=O)/C(=N\OC3(C(=O)O)CC3)c3csc(N)n3)C(=O)N2S(=O)(=O)O)C(=O)O1. The Morgan fingerprint density at radius 2 is 2.08 bits per heavy atom. The zero-order valence-electron chi connectivity index (χ0n) is 20.2. The maximum absolute atomic E-state index is 13.2. The second kappa shape index (κ2) is 10.9. The highest BCUT2D eigenvalue weighted by molar-refractivity contribution is 7.84. The number of carboxylic acid groups (broad SMARTS) is 1. The molecule has 1 aromatic heterocycles. The molecule has 3 heterocycles. The lowest BCUT2D eigenvalue weighted by Crippen LogP contribution is -2.74. The number of oxime groups is 1. The third-order valence-electron chi connectivity index (χ3n) is 6.14. The van der Waals surface area contributed by atoms with E-state index in [4.69, 9.17) is 21.0 Å². The Morgan fingerprint density at radius 1 is 1.36 bits per heavy atom. The summed E-state index contributed by atoms with van der Waals surface area (Å²) in [5.74, 6) is -3.52. The van der Waals surface area contributed by atoms with Crippen LogP contribution in [0.5, 0.6) is 0 Å². The van der Waals surface area contributed by atoms with Crippen LogP contribution in [-0.4, -0.2) is 118 Å². The molecule has 18 nitrogen and oxygen atoms in total. The van der Waals surface area contributed by atoms with E-state index in [1.54, 1.807) is 0 Å². The van der Waals surface area contributed by atoms with E-state index in [1.165, 1.54) is 5.38 Å². The number of nitrogen functional groups attached to an aromatic ring is 1. The van der Waals surface area contributed by atoms with Crippen molar-refractivity contribution >= 4 is 56.4 Å². The van der Waals surface area contributed by atoms with E-state index in [0.717, 1.165) is 16.2 Å². The van der Waals surface area contributed by atoms with Gasteiger partial charge in [0.2, 0.25) is 5.60 Å². The highest BCUT2D eigenvalue weighted by Gasteiger charge is 2.56. The van der Waals surface area contributed by atoms with Crippen LogP contribution in [-0.2, 0) is 34.3 Å². The lowest BCUT2D eigenvalue weighted by Gasteiger charge is -2.45. The first-order chi connectivity index (χ1) is 18.4. The predicted octanol–water partition coefficient (Wildman–Crippen LogP) is -3.07. The third-order valence-corrected chi connectivity index (χ3v) is 7.76. The zero-order chi connectivity index (χ0) is 28.5. The van der Waals surface area contributed by atoms with Crippen molar-refractivity contribution in [2.75, 3.05) is 38.5 Å². The van der Waals surface area contributed by atoms with Gasteiger partial charge < -0.3 is 41.7 Å². The summed E-state index contributed by atoms with van der Waals surface area (Å²) in [7, 11) is -5.04. The molecule has 0 bridgehead atoms. The molecule has 1 saturated carbocycles. The van der Waals surface area contributed by atoms with E-state index in [9.17, 15) is 37.3 Å². The second-order valence-corrected chi connectivity index (χ2v) is 11.1. The highest BCUT2D eigenvalue weighted by atomic mass is 32.2. The van der Waals surface area contributed by atoms with Crippen LogP contribution < -0.4 is 22.1 Å². The van der Waals surface area contributed by atoms with Gasteiger partial charge in [-0.3, -0.25) is 14.1 Å². The Balaban J connectivity index is 1.51. The van der Waals surface area contributed by atoms with Gasteiger partial charge in [0.25, 0.3) is 11.8 Å². The first-order valence-electron chi connectivity index (χ1n) is 11.5. The molecule has 0 spiro atoms. The van der Waals surface area contributed by atoms with Crippen LogP contribution in [0.1, 0.15) is 18.5 Å². The van der Waals surface area contributed by atoms with E-state index < -0.39 is 70.2 Å². The number of thiazole rings is 1. The molecule has 3 amide bonds. The molecule has 0 unspecified atom stereocenters. The molecule has 20 heteroatoms. The number of rotatable bonds is 13. The quantitative estimate of drug-likeness (QED) is 0.0437. The molecular formula is C19H26N8O10S2. The van der Waals surface area contributed by atoms with Crippen LogP contribution in [0.2, 0.25) is 0 Å². The molecule has 214 valence electrons. The number of carbonyl (C=O) groups is 4. The number of amides is 3. The number of β-lactam (4-membered cyclic amide) rings is 1. The molecule has 0 radical (unpaired) electrons. The minimum atomic E-state index is -5.04. The molecule has 2 aliphatic heterocycles. The summed E-state index contributed by atoms with van der Waals surface area (Å²) in [6.07, 6.45) is -1.06. The van der Waals surface area contributed by atoms with E-state index in [-0.39, 0.29) is 41.1 Å². The summed E-state index contributed by atoms with van der Waals surface area (Å²) in [4.78, 5) is 59.8. The number of nitrogens with one attached hydrogen (secondary N) is 2. The number of carbonyl (C=O) groups excluding carboxylic acids is 3. The third kappa shape index (κ3) is 6.03. The monoisotopic (exact) mass is 590 g/mol. The van der Waals surface area contributed by atoms with Crippen molar-refractivity contribution < 1.29 is 46.8 Å². The molecule has 1 aromatic rings. The topological polar surface area (TPSA) is 269 Å². The van der Waals surface area contributed by atoms with Crippen molar-refractivity contribution in [2.45, 2.75) is 36.6 Å². The number of ether oxygens (including phenoxy) is 1. The van der Waals surface area contributed by atoms with Crippen molar-refractivity contribution in [3.05, 3.63) is 11.1 Å². The van der Waals surface area contributed by atoms with Crippen LogP contribution in [0.4, 0.5) is 9.93 Å². The van der Waals surface area contributed by atoms with Crippen LogP contribution in [0.15, 0.2) is 10.5 Å². The number of hydrogen-bond donors (Lipinski definition) is 6. The molecule has 39 heavy (non-hydrogen) atoms. The Kier molecular flexibility index (Phi) is 7.93. The lowest BCUT2D eigenvalue weighted by atomic mass is 9.97. The molecule has 2 saturated heterocycles. The molecule has 3 fully saturated rings. The van der Waals surface area contributed by atoms with Gasteiger partial charge in [-0.2, -0.15) is 8.42 Å². The molecule has 0 aromatic carbocycles. The fourth-order valence-corrected chi connectivity index (χ4v) is 5.38. The molecular weight excluding hydrogens is 564 g/mol. The number of aliphatic carboxylic acids is 1. The number of carboxylic acids is 1. The van der Waals surface area contributed by atoms with Crippen molar-refractivity contribution in [3.63, 3.8) is 0 Å². The van der Waals surface area contributed by atoms with Gasteiger partial charge in [0.15, 0.2) is 10.8 Å². The summed E-state index contributed by atoms with van der Waals surface area (Å²) < 4.78 is 38.7. The number of anilines is 1. The lowest BCUT2D eigenvalue weighted by molar-refractivity contribution is -0.153. The molecule has 8 N–H and O–H groups in total. The van der Waals surface area contributed by atoms with E-state index in [1.807, 2.05) is 0 Å². The first-order valence-corrected chi connectivity index (χ1v) is 13.8. The molecule has 3 atom stereocenters. The maximum Gasteiger partial charge on any atom is 0.410 e. The molecule has 3 aliphatic rings. The number of hydrogen-bond acceptors (Lipinski definition) is 14.